The lowest BCUT2D eigenvalue weighted by atomic mass is 9.98. The van der Waals surface area contributed by atoms with Crippen LogP contribution in [0.15, 0.2) is 6.20 Å². The molecule has 90 valence electrons. The quantitative estimate of drug-likeness (QED) is 0.891. The molecular weight excluding hydrogens is 237 g/mol. The zero-order valence-corrected chi connectivity index (χ0v) is 9.87. The molecule has 1 aliphatic rings. The summed E-state index contributed by atoms with van der Waals surface area (Å²) in [5, 5.41) is 2.33. The van der Waals surface area contributed by atoms with Crippen molar-refractivity contribution >= 4 is 11.3 Å². The Balaban J connectivity index is 2.24. The summed E-state index contributed by atoms with van der Waals surface area (Å²) in [6.45, 7) is 2.08. The van der Waals surface area contributed by atoms with E-state index >= 15 is 0 Å². The van der Waals surface area contributed by atoms with Gasteiger partial charge in [0.15, 0.2) is 5.01 Å². The van der Waals surface area contributed by atoms with Gasteiger partial charge in [0.05, 0.1) is 0 Å². The van der Waals surface area contributed by atoms with Gasteiger partial charge in [-0.2, -0.15) is 13.2 Å². The van der Waals surface area contributed by atoms with Gasteiger partial charge in [-0.25, -0.2) is 4.98 Å². The van der Waals surface area contributed by atoms with Gasteiger partial charge < -0.3 is 5.32 Å². The molecule has 1 aliphatic carbocycles. The number of nitrogens with one attached hydrogen (secondary N) is 1. The summed E-state index contributed by atoms with van der Waals surface area (Å²) in [5.74, 6) is 0. The highest BCUT2D eigenvalue weighted by molar-refractivity contribution is 7.11. The van der Waals surface area contributed by atoms with Gasteiger partial charge in [0.2, 0.25) is 0 Å². The molecule has 0 aliphatic heterocycles. The van der Waals surface area contributed by atoms with Crippen LogP contribution in [0.1, 0.15) is 35.7 Å². The number of hydrogen-bond donors (Lipinski definition) is 1. The van der Waals surface area contributed by atoms with E-state index in [0.29, 0.717) is 4.88 Å². The summed E-state index contributed by atoms with van der Waals surface area (Å²) in [5.41, 5.74) is 0.101. The van der Waals surface area contributed by atoms with Crippen LogP contribution in [-0.2, 0) is 6.18 Å². The molecule has 2 rings (SSSR count). The number of nitrogens with zero attached hydrogens (tertiary/aromatic N) is 1. The lowest BCUT2D eigenvalue weighted by Crippen LogP contribution is -2.23. The highest BCUT2D eigenvalue weighted by Crippen LogP contribution is 2.55. The summed E-state index contributed by atoms with van der Waals surface area (Å²) in [6.07, 6.45) is -0.876. The van der Waals surface area contributed by atoms with Crippen molar-refractivity contribution in [2.45, 2.75) is 32.0 Å². The van der Waals surface area contributed by atoms with Crippen molar-refractivity contribution in [2.75, 3.05) is 7.05 Å². The Morgan fingerprint density at radius 3 is 2.50 bits per heavy atom. The van der Waals surface area contributed by atoms with Crippen LogP contribution >= 0.6 is 11.3 Å². The van der Waals surface area contributed by atoms with Crippen molar-refractivity contribution in [3.05, 3.63) is 16.1 Å². The first-order chi connectivity index (χ1) is 7.37. The molecule has 1 atom stereocenters. The normalized spacial score (nSPS) is 20.8. The van der Waals surface area contributed by atoms with E-state index in [0.717, 1.165) is 24.2 Å². The third-order valence-corrected chi connectivity index (χ3v) is 4.18. The second-order valence-corrected chi connectivity index (χ2v) is 5.50. The second-order valence-electron chi connectivity index (χ2n) is 4.44. The molecule has 0 radical (unpaired) electrons. The molecule has 1 aromatic heterocycles. The third kappa shape index (κ3) is 2.08. The van der Waals surface area contributed by atoms with Gasteiger partial charge in [-0.3, -0.25) is 0 Å². The van der Waals surface area contributed by atoms with Crippen LogP contribution in [0.5, 0.6) is 0 Å². The van der Waals surface area contributed by atoms with Crippen molar-refractivity contribution in [1.29, 1.82) is 0 Å². The molecular formula is C10H13F3N2S. The molecule has 1 fully saturated rings. The van der Waals surface area contributed by atoms with Gasteiger partial charge in [-0.15, -0.1) is 11.3 Å². The van der Waals surface area contributed by atoms with E-state index < -0.39 is 11.2 Å². The molecule has 1 unspecified atom stereocenters. The summed E-state index contributed by atoms with van der Waals surface area (Å²) < 4.78 is 37.2. The van der Waals surface area contributed by atoms with Gasteiger partial charge in [0.25, 0.3) is 0 Å². The average Bonchev–Trinajstić information content (AvgIpc) is 2.74. The van der Waals surface area contributed by atoms with Gasteiger partial charge in [0.1, 0.15) is 0 Å². The molecule has 1 heterocycles. The summed E-state index contributed by atoms with van der Waals surface area (Å²) >= 11 is 0.741. The standard InChI is InChI=1S/C10H13F3N2S/c1-9(3-4-9)7(14-2)6-5-15-8(16-6)10(11,12)13/h5,7,14H,3-4H2,1-2H3. The maximum Gasteiger partial charge on any atom is 0.443 e. The van der Waals surface area contributed by atoms with Crippen molar-refractivity contribution < 1.29 is 13.2 Å². The fourth-order valence-corrected chi connectivity index (χ4v) is 2.94. The summed E-state index contributed by atoms with van der Waals surface area (Å²) in [4.78, 5) is 4.13. The van der Waals surface area contributed by atoms with E-state index in [9.17, 15) is 13.2 Å². The molecule has 0 aromatic carbocycles. The van der Waals surface area contributed by atoms with Crippen LogP contribution in [0.25, 0.3) is 0 Å². The fraction of sp³-hybridized carbons (Fsp3) is 0.700. The maximum absolute atomic E-state index is 12.4. The largest absolute Gasteiger partial charge is 0.443 e. The second kappa shape index (κ2) is 3.70. The fourth-order valence-electron chi connectivity index (χ4n) is 1.87. The Labute approximate surface area is 95.9 Å². The maximum atomic E-state index is 12.4. The SMILES string of the molecule is CNC(c1cnc(C(F)(F)F)s1)C1(C)CC1. The minimum atomic E-state index is -4.33. The Morgan fingerprint density at radius 2 is 2.12 bits per heavy atom. The predicted octanol–water partition coefficient (Wildman–Crippen LogP) is 3.22. The first-order valence-electron chi connectivity index (χ1n) is 5.07. The molecule has 1 N–H and O–H groups in total. The predicted molar refractivity (Wildman–Crippen MR) is 56.3 cm³/mol. The lowest BCUT2D eigenvalue weighted by Gasteiger charge is -2.21. The number of rotatable bonds is 3. The summed E-state index contributed by atoms with van der Waals surface area (Å²) in [6, 6.07) is -0.0129. The molecule has 0 spiro atoms. The van der Waals surface area contributed by atoms with E-state index in [-0.39, 0.29) is 11.5 Å². The topological polar surface area (TPSA) is 24.9 Å². The number of thiazole rings is 1. The molecule has 2 nitrogen and oxygen atoms in total. The van der Waals surface area contributed by atoms with Gasteiger partial charge >= 0.3 is 6.18 Å². The van der Waals surface area contributed by atoms with Crippen molar-refractivity contribution in [3.8, 4) is 0 Å². The Morgan fingerprint density at radius 1 is 1.50 bits per heavy atom. The van der Waals surface area contributed by atoms with E-state index in [2.05, 4.69) is 17.2 Å². The van der Waals surface area contributed by atoms with Crippen LogP contribution in [0, 0.1) is 5.41 Å². The Hall–Kier alpha value is -0.620. The van der Waals surface area contributed by atoms with Gasteiger partial charge in [-0.05, 0) is 25.3 Å². The van der Waals surface area contributed by atoms with E-state index in [1.807, 2.05) is 0 Å². The molecule has 6 heteroatoms. The van der Waals surface area contributed by atoms with Crippen LogP contribution in [0.3, 0.4) is 0 Å². The number of aromatic nitrogens is 1. The van der Waals surface area contributed by atoms with E-state index in [4.69, 9.17) is 0 Å². The number of hydrogen-bond acceptors (Lipinski definition) is 3. The molecule has 1 saturated carbocycles. The van der Waals surface area contributed by atoms with Crippen molar-refractivity contribution in [3.63, 3.8) is 0 Å². The van der Waals surface area contributed by atoms with E-state index in [1.165, 1.54) is 6.20 Å². The van der Waals surface area contributed by atoms with Gasteiger partial charge in [-0.1, -0.05) is 6.92 Å². The highest BCUT2D eigenvalue weighted by Gasteiger charge is 2.46. The molecule has 0 amide bonds. The van der Waals surface area contributed by atoms with Crippen LogP contribution in [0.2, 0.25) is 0 Å². The molecule has 16 heavy (non-hydrogen) atoms. The van der Waals surface area contributed by atoms with Gasteiger partial charge in [0, 0.05) is 17.1 Å². The highest BCUT2D eigenvalue weighted by atomic mass is 32.1. The molecule has 0 saturated heterocycles. The number of halogens is 3. The monoisotopic (exact) mass is 250 g/mol. The lowest BCUT2D eigenvalue weighted by molar-refractivity contribution is -0.137. The Kier molecular flexibility index (Phi) is 2.74. The Bertz CT molecular complexity index is 382. The number of alkyl halides is 3. The van der Waals surface area contributed by atoms with Crippen molar-refractivity contribution in [2.24, 2.45) is 5.41 Å². The molecule has 0 bridgehead atoms. The smallest absolute Gasteiger partial charge is 0.312 e. The average molecular weight is 250 g/mol. The third-order valence-electron chi connectivity index (χ3n) is 3.07. The minimum absolute atomic E-state index is 0.0129. The minimum Gasteiger partial charge on any atom is -0.312 e. The van der Waals surface area contributed by atoms with Crippen LogP contribution < -0.4 is 5.32 Å². The summed E-state index contributed by atoms with van der Waals surface area (Å²) in [7, 11) is 1.78. The van der Waals surface area contributed by atoms with Crippen LogP contribution in [-0.4, -0.2) is 12.0 Å². The first-order valence-corrected chi connectivity index (χ1v) is 5.89. The first kappa shape index (κ1) is 11.9. The zero-order chi connectivity index (χ0) is 12.0. The van der Waals surface area contributed by atoms with Crippen molar-refractivity contribution in [1.82, 2.24) is 10.3 Å². The van der Waals surface area contributed by atoms with E-state index in [1.54, 1.807) is 7.05 Å². The van der Waals surface area contributed by atoms with Crippen LogP contribution in [0.4, 0.5) is 13.2 Å². The molecule has 1 aromatic rings. The zero-order valence-electron chi connectivity index (χ0n) is 9.06.